The molecular formula is C13H17NO5S. The van der Waals surface area contributed by atoms with Gasteiger partial charge >= 0.3 is 5.97 Å². The predicted octanol–water partition coefficient (Wildman–Crippen LogP) is 1.37. The fourth-order valence-electron chi connectivity index (χ4n) is 1.52. The van der Waals surface area contributed by atoms with Gasteiger partial charge in [-0.2, -0.15) is 0 Å². The van der Waals surface area contributed by atoms with Crippen molar-refractivity contribution in [1.29, 1.82) is 0 Å². The number of esters is 1. The Morgan fingerprint density at radius 2 is 1.80 bits per heavy atom. The molecule has 1 rings (SSSR count). The molecule has 0 saturated heterocycles. The third-order valence-corrected chi connectivity index (χ3v) is 4.15. The van der Waals surface area contributed by atoms with Gasteiger partial charge in [0, 0.05) is 12.6 Å². The van der Waals surface area contributed by atoms with Crippen molar-refractivity contribution >= 4 is 27.4 Å². The predicted molar refractivity (Wildman–Crippen MR) is 74.0 cm³/mol. The van der Waals surface area contributed by atoms with E-state index in [1.54, 1.807) is 6.92 Å². The van der Waals surface area contributed by atoms with Crippen LogP contribution in [0.5, 0.6) is 0 Å². The molecule has 1 N–H and O–H groups in total. The van der Waals surface area contributed by atoms with Gasteiger partial charge in [0.05, 0.1) is 23.7 Å². The van der Waals surface area contributed by atoms with Crippen LogP contribution in [0.3, 0.4) is 0 Å². The first kappa shape index (κ1) is 16.2. The van der Waals surface area contributed by atoms with Gasteiger partial charge in [0.2, 0.25) is 5.91 Å². The van der Waals surface area contributed by atoms with Crippen molar-refractivity contribution in [2.24, 2.45) is 0 Å². The quantitative estimate of drug-likeness (QED) is 0.801. The number of sulfone groups is 1. The number of carbonyl (C=O) groups excluding carboxylic acids is 2. The summed E-state index contributed by atoms with van der Waals surface area (Å²) < 4.78 is 28.6. The van der Waals surface area contributed by atoms with Gasteiger partial charge in [-0.1, -0.05) is 0 Å². The zero-order valence-electron chi connectivity index (χ0n) is 11.4. The van der Waals surface area contributed by atoms with E-state index in [9.17, 15) is 18.0 Å². The van der Waals surface area contributed by atoms with Crippen molar-refractivity contribution < 1.29 is 22.7 Å². The standard InChI is InChI=1S/C13H17NO5S/c1-3-19-13(16)8-9-20(17,18)12-6-4-11(5-7-12)14-10(2)15/h4-7H,3,8-9H2,1-2H3,(H,14,15). The van der Waals surface area contributed by atoms with E-state index in [0.717, 1.165) is 0 Å². The first-order valence-corrected chi connectivity index (χ1v) is 7.76. The molecule has 1 aromatic rings. The molecule has 0 aliphatic rings. The average molecular weight is 299 g/mol. The molecule has 0 unspecified atom stereocenters. The highest BCUT2D eigenvalue weighted by molar-refractivity contribution is 7.91. The lowest BCUT2D eigenvalue weighted by Gasteiger charge is -2.06. The maximum absolute atomic E-state index is 12.0. The summed E-state index contributed by atoms with van der Waals surface area (Å²) in [6.45, 7) is 3.25. The summed E-state index contributed by atoms with van der Waals surface area (Å²) in [5.41, 5.74) is 0.516. The smallest absolute Gasteiger partial charge is 0.306 e. The second-order valence-corrected chi connectivity index (χ2v) is 6.19. The lowest BCUT2D eigenvalue weighted by atomic mass is 10.3. The molecule has 0 saturated carbocycles. The molecule has 7 heteroatoms. The van der Waals surface area contributed by atoms with Crippen LogP contribution in [0, 0.1) is 0 Å². The number of anilines is 1. The number of amides is 1. The number of hydrogen-bond donors (Lipinski definition) is 1. The highest BCUT2D eigenvalue weighted by atomic mass is 32.2. The monoisotopic (exact) mass is 299 g/mol. The summed E-state index contributed by atoms with van der Waals surface area (Å²) in [5, 5.41) is 2.54. The van der Waals surface area contributed by atoms with Crippen LogP contribution in [0.15, 0.2) is 29.2 Å². The van der Waals surface area contributed by atoms with Crippen molar-refractivity contribution in [2.45, 2.75) is 25.2 Å². The summed E-state index contributed by atoms with van der Waals surface area (Å²) >= 11 is 0. The van der Waals surface area contributed by atoms with E-state index < -0.39 is 15.8 Å². The van der Waals surface area contributed by atoms with E-state index in [0.29, 0.717) is 5.69 Å². The second kappa shape index (κ2) is 7.04. The van der Waals surface area contributed by atoms with E-state index in [4.69, 9.17) is 0 Å². The van der Waals surface area contributed by atoms with Crippen LogP contribution in [-0.2, 0) is 24.2 Å². The van der Waals surface area contributed by atoms with Crippen molar-refractivity contribution in [3.05, 3.63) is 24.3 Å². The zero-order chi connectivity index (χ0) is 15.2. The number of benzene rings is 1. The minimum atomic E-state index is -3.53. The molecule has 0 bridgehead atoms. The van der Waals surface area contributed by atoms with Gasteiger partial charge in [-0.3, -0.25) is 9.59 Å². The van der Waals surface area contributed by atoms with Crippen LogP contribution in [0.1, 0.15) is 20.3 Å². The van der Waals surface area contributed by atoms with Gasteiger partial charge in [0.1, 0.15) is 0 Å². The molecule has 0 atom stereocenters. The van der Waals surface area contributed by atoms with Crippen molar-refractivity contribution in [1.82, 2.24) is 0 Å². The molecule has 0 spiro atoms. The van der Waals surface area contributed by atoms with Crippen LogP contribution in [0.4, 0.5) is 5.69 Å². The summed E-state index contributed by atoms with van der Waals surface area (Å²) in [5.74, 6) is -1.07. The molecule has 0 heterocycles. The Bertz CT molecular complexity index is 577. The van der Waals surface area contributed by atoms with Crippen LogP contribution in [0.2, 0.25) is 0 Å². The largest absolute Gasteiger partial charge is 0.466 e. The van der Waals surface area contributed by atoms with Gasteiger partial charge in [0.15, 0.2) is 9.84 Å². The number of hydrogen-bond acceptors (Lipinski definition) is 5. The lowest BCUT2D eigenvalue weighted by molar-refractivity contribution is -0.142. The van der Waals surface area contributed by atoms with Crippen LogP contribution < -0.4 is 5.32 Å². The molecule has 0 aliphatic heterocycles. The third kappa shape index (κ3) is 5.00. The second-order valence-electron chi connectivity index (χ2n) is 4.08. The summed E-state index contributed by atoms with van der Waals surface area (Å²) in [6, 6.07) is 5.79. The van der Waals surface area contributed by atoms with Crippen molar-refractivity contribution in [3.63, 3.8) is 0 Å². The Hall–Kier alpha value is -1.89. The van der Waals surface area contributed by atoms with Gasteiger partial charge in [-0.25, -0.2) is 8.42 Å². The average Bonchev–Trinajstić information content (AvgIpc) is 2.37. The molecule has 20 heavy (non-hydrogen) atoms. The molecular weight excluding hydrogens is 282 g/mol. The molecule has 1 aromatic carbocycles. The summed E-state index contributed by atoms with van der Waals surface area (Å²) in [7, 11) is -3.53. The number of nitrogens with one attached hydrogen (secondary N) is 1. The normalized spacial score (nSPS) is 10.9. The summed E-state index contributed by atoms with van der Waals surface area (Å²) in [6.07, 6.45) is -0.177. The Morgan fingerprint density at radius 3 is 2.30 bits per heavy atom. The number of rotatable bonds is 6. The molecule has 0 aliphatic carbocycles. The fraction of sp³-hybridized carbons (Fsp3) is 0.385. The highest BCUT2D eigenvalue weighted by Crippen LogP contribution is 2.16. The topological polar surface area (TPSA) is 89.5 Å². The lowest BCUT2D eigenvalue weighted by Crippen LogP contribution is -2.13. The Balaban J connectivity index is 2.72. The SMILES string of the molecule is CCOC(=O)CCS(=O)(=O)c1ccc(NC(C)=O)cc1. The van der Waals surface area contributed by atoms with Crippen LogP contribution >= 0.6 is 0 Å². The first-order valence-electron chi connectivity index (χ1n) is 6.11. The van der Waals surface area contributed by atoms with Gasteiger partial charge in [-0.05, 0) is 31.2 Å². The number of ether oxygens (including phenoxy) is 1. The molecule has 1 amide bonds. The summed E-state index contributed by atoms with van der Waals surface area (Å²) in [4.78, 5) is 22.1. The first-order chi connectivity index (χ1) is 9.35. The maximum Gasteiger partial charge on any atom is 0.306 e. The van der Waals surface area contributed by atoms with E-state index in [-0.39, 0.29) is 29.6 Å². The highest BCUT2D eigenvalue weighted by Gasteiger charge is 2.16. The Kier molecular flexibility index (Phi) is 5.69. The van der Waals surface area contributed by atoms with E-state index >= 15 is 0 Å². The minimum Gasteiger partial charge on any atom is -0.466 e. The van der Waals surface area contributed by atoms with Crippen LogP contribution in [-0.4, -0.2) is 32.7 Å². The Morgan fingerprint density at radius 1 is 1.20 bits per heavy atom. The van der Waals surface area contributed by atoms with Crippen molar-refractivity contribution in [3.8, 4) is 0 Å². The van der Waals surface area contributed by atoms with Gasteiger partial charge < -0.3 is 10.1 Å². The fourth-order valence-corrected chi connectivity index (χ4v) is 2.74. The minimum absolute atomic E-state index is 0.107. The molecule has 0 radical (unpaired) electrons. The van der Waals surface area contributed by atoms with Gasteiger partial charge in [0.25, 0.3) is 0 Å². The molecule has 0 fully saturated rings. The van der Waals surface area contributed by atoms with E-state index in [1.165, 1.54) is 31.2 Å². The number of carbonyl (C=O) groups is 2. The van der Waals surface area contributed by atoms with E-state index in [2.05, 4.69) is 10.1 Å². The molecule has 110 valence electrons. The molecule has 0 aromatic heterocycles. The molecule has 6 nitrogen and oxygen atoms in total. The third-order valence-electron chi connectivity index (χ3n) is 2.41. The zero-order valence-corrected chi connectivity index (χ0v) is 12.2. The van der Waals surface area contributed by atoms with E-state index in [1.807, 2.05) is 0 Å². The van der Waals surface area contributed by atoms with Crippen molar-refractivity contribution in [2.75, 3.05) is 17.7 Å². The Labute approximate surface area is 118 Å². The van der Waals surface area contributed by atoms with Gasteiger partial charge in [-0.15, -0.1) is 0 Å². The maximum atomic E-state index is 12.0. The van der Waals surface area contributed by atoms with Crippen LogP contribution in [0.25, 0.3) is 0 Å².